The van der Waals surface area contributed by atoms with E-state index in [2.05, 4.69) is 31.2 Å². The molecule has 0 radical (unpaired) electrons. The summed E-state index contributed by atoms with van der Waals surface area (Å²) in [7, 11) is 0. The van der Waals surface area contributed by atoms with Crippen LogP contribution >= 0.6 is 0 Å². The number of rotatable bonds is 2. The molecule has 1 aliphatic heterocycles. The van der Waals surface area contributed by atoms with Gasteiger partial charge in [0.15, 0.2) is 0 Å². The van der Waals surface area contributed by atoms with E-state index in [0.29, 0.717) is 11.3 Å². The van der Waals surface area contributed by atoms with Gasteiger partial charge >= 0.3 is 0 Å². The predicted octanol–water partition coefficient (Wildman–Crippen LogP) is 3.76. The smallest absolute Gasteiger partial charge is 0.261 e. The molecule has 114 valence electrons. The maximum atomic E-state index is 12.6. The Balaban J connectivity index is 1.76. The van der Waals surface area contributed by atoms with Crippen LogP contribution in [0.3, 0.4) is 0 Å². The fourth-order valence-corrected chi connectivity index (χ4v) is 3.18. The van der Waals surface area contributed by atoms with Crippen LogP contribution in [-0.2, 0) is 13.0 Å². The van der Waals surface area contributed by atoms with Gasteiger partial charge in [-0.05, 0) is 29.2 Å². The first-order chi connectivity index (χ1) is 11.2. The molecule has 0 spiro atoms. The van der Waals surface area contributed by atoms with Gasteiger partial charge in [-0.3, -0.25) is 9.36 Å². The first-order valence-corrected chi connectivity index (χ1v) is 7.97. The second-order valence-electron chi connectivity index (χ2n) is 6.27. The normalized spacial score (nSPS) is 17.0. The van der Waals surface area contributed by atoms with Crippen molar-refractivity contribution in [1.29, 1.82) is 0 Å². The number of hydrogen-bond acceptors (Lipinski definition) is 2. The Bertz CT molecular complexity index is 955. The van der Waals surface area contributed by atoms with Crippen molar-refractivity contribution in [3.05, 3.63) is 75.8 Å². The van der Waals surface area contributed by atoms with Crippen molar-refractivity contribution in [2.45, 2.75) is 19.9 Å². The summed E-state index contributed by atoms with van der Waals surface area (Å²) in [4.78, 5) is 17.3. The van der Waals surface area contributed by atoms with Crippen LogP contribution in [0.1, 0.15) is 23.9 Å². The second-order valence-corrected chi connectivity index (χ2v) is 6.27. The van der Waals surface area contributed by atoms with E-state index in [1.807, 2.05) is 41.0 Å². The lowest BCUT2D eigenvalue weighted by Crippen LogP contribution is -2.21. The van der Waals surface area contributed by atoms with Crippen LogP contribution in [0.25, 0.3) is 23.1 Å². The monoisotopic (exact) mass is 302 g/mol. The molecule has 0 amide bonds. The highest BCUT2D eigenvalue weighted by Gasteiger charge is 2.21. The Morgan fingerprint density at radius 2 is 1.87 bits per heavy atom. The van der Waals surface area contributed by atoms with E-state index in [-0.39, 0.29) is 5.56 Å². The molecule has 0 saturated carbocycles. The van der Waals surface area contributed by atoms with Gasteiger partial charge in [-0.1, -0.05) is 55.5 Å². The third-order valence-corrected chi connectivity index (χ3v) is 4.35. The molecule has 2 heterocycles. The summed E-state index contributed by atoms with van der Waals surface area (Å²) >= 11 is 0. The molecule has 1 aliphatic rings. The van der Waals surface area contributed by atoms with Crippen molar-refractivity contribution >= 4 is 23.1 Å². The van der Waals surface area contributed by atoms with Crippen molar-refractivity contribution in [2.75, 3.05) is 0 Å². The van der Waals surface area contributed by atoms with Crippen LogP contribution in [0.4, 0.5) is 0 Å². The zero-order valence-electron chi connectivity index (χ0n) is 13.1. The zero-order valence-corrected chi connectivity index (χ0v) is 13.1. The Hall–Kier alpha value is -2.68. The van der Waals surface area contributed by atoms with Gasteiger partial charge in [-0.15, -0.1) is 0 Å². The Labute approximate surface area is 134 Å². The molecule has 0 fully saturated rings. The summed E-state index contributed by atoms with van der Waals surface area (Å²) in [5, 5.41) is 0.708. The molecular weight excluding hydrogens is 284 g/mol. The highest BCUT2D eigenvalue weighted by atomic mass is 16.1. The molecule has 0 aliphatic carbocycles. The Morgan fingerprint density at radius 1 is 1.09 bits per heavy atom. The molecule has 0 bridgehead atoms. The fourth-order valence-electron chi connectivity index (χ4n) is 3.18. The van der Waals surface area contributed by atoms with Crippen LogP contribution in [0.15, 0.2) is 53.3 Å². The van der Waals surface area contributed by atoms with Crippen LogP contribution in [0, 0.1) is 5.92 Å². The van der Waals surface area contributed by atoms with Crippen molar-refractivity contribution in [1.82, 2.24) is 9.55 Å². The standard InChI is InChI=1S/C20H18N2O/c1-14-11-19-21-18-12-16(8-7-15-5-3-2-4-6-15)9-10-17(18)20(23)22(19)13-14/h2-10,12,14H,11,13H2,1H3/b8-7+. The highest BCUT2D eigenvalue weighted by Crippen LogP contribution is 2.20. The van der Waals surface area contributed by atoms with Gasteiger partial charge in [0.05, 0.1) is 10.9 Å². The zero-order chi connectivity index (χ0) is 15.8. The average molecular weight is 302 g/mol. The largest absolute Gasteiger partial charge is 0.296 e. The Kier molecular flexibility index (Phi) is 3.34. The van der Waals surface area contributed by atoms with E-state index in [1.165, 1.54) is 0 Å². The molecule has 23 heavy (non-hydrogen) atoms. The fraction of sp³-hybridized carbons (Fsp3) is 0.200. The lowest BCUT2D eigenvalue weighted by atomic mass is 10.1. The molecule has 1 unspecified atom stereocenters. The van der Waals surface area contributed by atoms with Gasteiger partial charge in [0.25, 0.3) is 5.56 Å². The lowest BCUT2D eigenvalue weighted by Gasteiger charge is -2.05. The van der Waals surface area contributed by atoms with Crippen molar-refractivity contribution < 1.29 is 0 Å². The van der Waals surface area contributed by atoms with Gasteiger partial charge < -0.3 is 0 Å². The topological polar surface area (TPSA) is 34.9 Å². The van der Waals surface area contributed by atoms with Gasteiger partial charge in [0.2, 0.25) is 0 Å². The minimum absolute atomic E-state index is 0.0907. The highest BCUT2D eigenvalue weighted by molar-refractivity contribution is 5.82. The molecule has 3 heteroatoms. The molecule has 2 aromatic carbocycles. The number of hydrogen-bond donors (Lipinski definition) is 0. The molecule has 1 aromatic heterocycles. The number of nitrogens with zero attached hydrogens (tertiary/aromatic N) is 2. The van der Waals surface area contributed by atoms with Crippen LogP contribution < -0.4 is 5.56 Å². The number of aromatic nitrogens is 2. The maximum absolute atomic E-state index is 12.6. The first kappa shape index (κ1) is 13.9. The third kappa shape index (κ3) is 2.59. The van der Waals surface area contributed by atoms with E-state index in [9.17, 15) is 4.79 Å². The molecule has 0 N–H and O–H groups in total. The SMILES string of the molecule is CC1Cc2nc3cc(/C=C/c4ccccc4)ccc3c(=O)n2C1. The summed E-state index contributed by atoms with van der Waals surface area (Å²) in [6.45, 7) is 2.94. The van der Waals surface area contributed by atoms with E-state index in [1.54, 1.807) is 0 Å². The van der Waals surface area contributed by atoms with Gasteiger partial charge in [0.1, 0.15) is 5.82 Å². The van der Waals surface area contributed by atoms with E-state index < -0.39 is 0 Å². The van der Waals surface area contributed by atoms with Gasteiger partial charge in [-0.25, -0.2) is 4.98 Å². The van der Waals surface area contributed by atoms with E-state index in [0.717, 1.165) is 35.4 Å². The quantitative estimate of drug-likeness (QED) is 0.676. The molecule has 4 rings (SSSR count). The molecule has 3 aromatic rings. The molecule has 3 nitrogen and oxygen atoms in total. The number of benzene rings is 2. The summed E-state index contributed by atoms with van der Waals surface area (Å²) in [5.74, 6) is 1.41. The maximum Gasteiger partial charge on any atom is 0.261 e. The van der Waals surface area contributed by atoms with Gasteiger partial charge in [-0.2, -0.15) is 0 Å². The molecule has 1 atom stereocenters. The number of fused-ring (bicyclic) bond motifs is 2. The van der Waals surface area contributed by atoms with Crippen LogP contribution in [0.2, 0.25) is 0 Å². The second kappa shape index (κ2) is 5.51. The average Bonchev–Trinajstić information content (AvgIpc) is 2.94. The Morgan fingerprint density at radius 3 is 2.70 bits per heavy atom. The lowest BCUT2D eigenvalue weighted by molar-refractivity contribution is 0.558. The van der Waals surface area contributed by atoms with Gasteiger partial charge in [0, 0.05) is 13.0 Å². The van der Waals surface area contributed by atoms with Crippen LogP contribution in [0.5, 0.6) is 0 Å². The third-order valence-electron chi connectivity index (χ3n) is 4.35. The first-order valence-electron chi connectivity index (χ1n) is 7.97. The predicted molar refractivity (Wildman–Crippen MR) is 94.2 cm³/mol. The van der Waals surface area contributed by atoms with Crippen molar-refractivity contribution in [2.24, 2.45) is 5.92 Å². The summed E-state index contributed by atoms with van der Waals surface area (Å²) < 4.78 is 1.83. The van der Waals surface area contributed by atoms with Crippen LogP contribution in [-0.4, -0.2) is 9.55 Å². The summed E-state index contributed by atoms with van der Waals surface area (Å²) in [6.07, 6.45) is 5.02. The molecular formula is C20H18N2O. The minimum atomic E-state index is 0.0907. The van der Waals surface area contributed by atoms with Crippen molar-refractivity contribution in [3.8, 4) is 0 Å². The summed E-state index contributed by atoms with van der Waals surface area (Å²) in [5.41, 5.74) is 3.10. The summed E-state index contributed by atoms with van der Waals surface area (Å²) in [6, 6.07) is 16.1. The minimum Gasteiger partial charge on any atom is -0.296 e. The van der Waals surface area contributed by atoms with Crippen molar-refractivity contribution in [3.63, 3.8) is 0 Å². The van der Waals surface area contributed by atoms with E-state index in [4.69, 9.17) is 4.98 Å². The van der Waals surface area contributed by atoms with E-state index >= 15 is 0 Å². The molecule has 0 saturated heterocycles.